The predicted octanol–water partition coefficient (Wildman–Crippen LogP) is 4.57. The van der Waals surface area contributed by atoms with Crippen LogP contribution in [0.3, 0.4) is 0 Å². The van der Waals surface area contributed by atoms with Crippen molar-refractivity contribution in [2.75, 3.05) is 4.90 Å². The van der Waals surface area contributed by atoms with Crippen LogP contribution in [-0.4, -0.2) is 29.0 Å². The average molecular weight is 364 g/mol. The van der Waals surface area contributed by atoms with E-state index in [4.69, 9.17) is 0 Å². The molecule has 1 heterocycles. The van der Waals surface area contributed by atoms with Crippen molar-refractivity contribution in [3.63, 3.8) is 0 Å². The topological polar surface area (TPSA) is 48.1 Å². The largest absolute Gasteiger partial charge is 0.365 e. The van der Waals surface area contributed by atoms with Gasteiger partial charge in [-0.25, -0.2) is 0 Å². The summed E-state index contributed by atoms with van der Waals surface area (Å²) in [5.41, 5.74) is 5.45. The molecule has 2 aromatic rings. The summed E-state index contributed by atoms with van der Waals surface area (Å²) in [7, 11) is 0. The quantitative estimate of drug-likeness (QED) is 0.818. The Bertz CT molecular complexity index is 920. The summed E-state index contributed by atoms with van der Waals surface area (Å²) < 4.78 is 0. The van der Waals surface area contributed by atoms with E-state index >= 15 is 0 Å². The first kappa shape index (κ1) is 17.9. The van der Waals surface area contributed by atoms with Gasteiger partial charge in [0.2, 0.25) is 0 Å². The Balaban J connectivity index is 1.79. The summed E-state index contributed by atoms with van der Waals surface area (Å²) >= 11 is 0. The first-order chi connectivity index (χ1) is 13.0. The summed E-state index contributed by atoms with van der Waals surface area (Å²) in [5, 5.41) is 4.34. The van der Waals surface area contributed by atoms with Crippen molar-refractivity contribution in [2.24, 2.45) is 0 Å². The number of aromatic nitrogens is 1. The third kappa shape index (κ3) is 3.41. The van der Waals surface area contributed by atoms with Gasteiger partial charge >= 0.3 is 0 Å². The fourth-order valence-electron chi connectivity index (χ4n) is 4.13. The Hall–Kier alpha value is -2.49. The van der Waals surface area contributed by atoms with E-state index in [2.05, 4.69) is 67.2 Å². The van der Waals surface area contributed by atoms with E-state index in [1.807, 2.05) is 12.2 Å². The summed E-state index contributed by atoms with van der Waals surface area (Å²) in [4.78, 5) is 18.6. The second kappa shape index (κ2) is 6.91. The number of anilines is 1. The van der Waals surface area contributed by atoms with Crippen LogP contribution >= 0.6 is 0 Å². The maximum absolute atomic E-state index is 12.5. The molecule has 1 saturated carbocycles. The monoisotopic (exact) mass is 363 g/mol. The van der Waals surface area contributed by atoms with Crippen LogP contribution < -0.4 is 10.2 Å². The van der Waals surface area contributed by atoms with E-state index in [9.17, 15) is 4.79 Å². The Labute approximate surface area is 161 Å². The molecule has 0 atom stereocenters. The van der Waals surface area contributed by atoms with Crippen molar-refractivity contribution in [1.29, 1.82) is 0 Å². The van der Waals surface area contributed by atoms with Gasteiger partial charge in [-0.05, 0) is 64.7 Å². The van der Waals surface area contributed by atoms with Crippen molar-refractivity contribution in [3.05, 3.63) is 47.2 Å². The van der Waals surface area contributed by atoms with Crippen molar-refractivity contribution in [2.45, 2.75) is 65.1 Å². The minimum atomic E-state index is 0.0338. The van der Waals surface area contributed by atoms with Crippen molar-refractivity contribution in [3.8, 4) is 0 Å². The van der Waals surface area contributed by atoms with Crippen molar-refractivity contribution >= 4 is 28.6 Å². The molecule has 0 bridgehead atoms. The van der Waals surface area contributed by atoms with Crippen LogP contribution in [0.5, 0.6) is 0 Å². The van der Waals surface area contributed by atoms with Gasteiger partial charge in [0.05, 0.1) is 11.2 Å². The Morgan fingerprint density at radius 2 is 1.93 bits per heavy atom. The maximum atomic E-state index is 12.5. The van der Waals surface area contributed by atoms with Crippen LogP contribution in [0.4, 0.5) is 5.69 Å². The standard InChI is InChI=1S/C23H29N3O/c1-14(2)26(15(3)4)21-10-6-9-19-18-8-5-7-16(13-20(18)25-22(19)21)23(27)24-17-11-12-17/h5-7,9-10,13-15,17,25H,8,11-12H2,1-4H3,(H,24,27). The van der Waals surface area contributed by atoms with E-state index in [-0.39, 0.29) is 5.91 Å². The number of benzene rings is 1. The zero-order valence-electron chi connectivity index (χ0n) is 16.7. The molecule has 0 aliphatic heterocycles. The average Bonchev–Trinajstić information content (AvgIpc) is 3.38. The van der Waals surface area contributed by atoms with Crippen LogP contribution in [0.2, 0.25) is 0 Å². The molecule has 2 N–H and O–H groups in total. The normalized spacial score (nSPS) is 16.4. The molecule has 0 spiro atoms. The van der Waals surface area contributed by atoms with Crippen molar-refractivity contribution in [1.82, 2.24) is 10.3 Å². The van der Waals surface area contributed by atoms with Gasteiger partial charge in [-0.1, -0.05) is 24.3 Å². The Morgan fingerprint density at radius 3 is 2.59 bits per heavy atom. The highest BCUT2D eigenvalue weighted by atomic mass is 16.1. The third-order valence-corrected chi connectivity index (χ3v) is 5.44. The highest BCUT2D eigenvalue weighted by Gasteiger charge is 2.25. The molecule has 1 aromatic heterocycles. The number of amides is 1. The number of H-pyrrole nitrogens is 1. The van der Waals surface area contributed by atoms with Gasteiger partial charge in [0, 0.05) is 34.8 Å². The number of carbonyl (C=O) groups is 1. The zero-order valence-corrected chi connectivity index (χ0v) is 16.7. The second-order valence-corrected chi connectivity index (χ2v) is 8.27. The van der Waals surface area contributed by atoms with E-state index in [0.717, 1.165) is 30.5 Å². The second-order valence-electron chi connectivity index (χ2n) is 8.27. The Morgan fingerprint density at radius 1 is 1.19 bits per heavy atom. The maximum Gasteiger partial charge on any atom is 0.251 e. The van der Waals surface area contributed by atoms with Gasteiger partial charge in [0.15, 0.2) is 0 Å². The van der Waals surface area contributed by atoms with Gasteiger partial charge < -0.3 is 15.2 Å². The first-order valence-electron chi connectivity index (χ1n) is 10.1. The van der Waals surface area contributed by atoms with Crippen LogP contribution in [0, 0.1) is 0 Å². The number of hydrogen-bond acceptors (Lipinski definition) is 2. The summed E-state index contributed by atoms with van der Waals surface area (Å²) in [6.45, 7) is 8.93. The van der Waals surface area contributed by atoms with Gasteiger partial charge in [-0.2, -0.15) is 0 Å². The highest BCUT2D eigenvalue weighted by molar-refractivity contribution is 6.03. The predicted molar refractivity (Wildman–Crippen MR) is 113 cm³/mol. The van der Waals surface area contributed by atoms with Gasteiger partial charge in [0.1, 0.15) is 0 Å². The lowest BCUT2D eigenvalue weighted by atomic mass is 10.1. The number of allylic oxidation sites excluding steroid dienone is 1. The van der Waals surface area contributed by atoms with Crippen LogP contribution in [0.15, 0.2) is 35.9 Å². The number of rotatable bonds is 5. The molecule has 2 aliphatic rings. The summed E-state index contributed by atoms with van der Waals surface area (Å²) in [6, 6.07) is 7.71. The third-order valence-electron chi connectivity index (χ3n) is 5.44. The molecule has 4 nitrogen and oxygen atoms in total. The van der Waals surface area contributed by atoms with Crippen LogP contribution in [0.1, 0.15) is 51.8 Å². The van der Waals surface area contributed by atoms with Crippen LogP contribution in [-0.2, 0) is 11.2 Å². The SMILES string of the molecule is CC(C)N(c1cccc2c3c([nH]c12)C=C(C(=O)NC1CC1)C=CC3)C(C)C. The molecule has 0 radical (unpaired) electrons. The fraction of sp³-hybridized carbons (Fsp3) is 0.435. The molecule has 27 heavy (non-hydrogen) atoms. The van der Waals surface area contributed by atoms with E-state index in [1.165, 1.54) is 22.2 Å². The van der Waals surface area contributed by atoms with Crippen LogP contribution in [0.25, 0.3) is 17.0 Å². The van der Waals surface area contributed by atoms with Gasteiger partial charge in [0.25, 0.3) is 5.91 Å². The molecule has 1 amide bonds. The lowest BCUT2D eigenvalue weighted by Gasteiger charge is -2.33. The van der Waals surface area contributed by atoms with E-state index < -0.39 is 0 Å². The summed E-state index contributed by atoms with van der Waals surface area (Å²) in [6.07, 6.45) is 9.10. The van der Waals surface area contributed by atoms with E-state index in [0.29, 0.717) is 18.1 Å². The molecule has 1 fully saturated rings. The number of para-hydroxylation sites is 1. The van der Waals surface area contributed by atoms with E-state index in [1.54, 1.807) is 0 Å². The molecule has 0 saturated heterocycles. The molecule has 142 valence electrons. The van der Waals surface area contributed by atoms with Crippen molar-refractivity contribution < 1.29 is 4.79 Å². The number of hydrogen-bond donors (Lipinski definition) is 2. The Kier molecular flexibility index (Phi) is 4.58. The number of nitrogens with zero attached hydrogens (tertiary/aromatic N) is 1. The van der Waals surface area contributed by atoms with Gasteiger partial charge in [-0.3, -0.25) is 4.79 Å². The lowest BCUT2D eigenvalue weighted by molar-refractivity contribution is -0.117. The molecular weight excluding hydrogens is 334 g/mol. The van der Waals surface area contributed by atoms with Gasteiger partial charge in [-0.15, -0.1) is 0 Å². The zero-order chi connectivity index (χ0) is 19.1. The molecule has 1 aromatic carbocycles. The molecular formula is C23H29N3O. The first-order valence-corrected chi connectivity index (χ1v) is 10.1. The smallest absolute Gasteiger partial charge is 0.251 e. The molecule has 4 rings (SSSR count). The molecule has 0 unspecified atom stereocenters. The number of nitrogens with one attached hydrogen (secondary N) is 2. The number of fused-ring (bicyclic) bond motifs is 3. The molecule has 4 heteroatoms. The molecule has 2 aliphatic carbocycles. The minimum Gasteiger partial charge on any atom is -0.365 e. The number of carbonyl (C=O) groups excluding carboxylic acids is 1. The summed E-state index contributed by atoms with van der Waals surface area (Å²) in [5.74, 6) is 0.0338. The highest BCUT2D eigenvalue weighted by Crippen LogP contribution is 2.35. The number of aromatic amines is 1. The minimum absolute atomic E-state index is 0.0338. The fourth-order valence-corrected chi connectivity index (χ4v) is 4.13. The lowest BCUT2D eigenvalue weighted by Crippen LogP contribution is -2.37.